The molecular formula is C26H32N4O5S. The molecule has 36 heavy (non-hydrogen) atoms. The number of hydrogen-bond donors (Lipinski definition) is 0. The molecule has 192 valence electrons. The Labute approximate surface area is 215 Å². The molecule has 0 saturated carbocycles. The highest BCUT2D eigenvalue weighted by atomic mass is 32.1. The maximum atomic E-state index is 14.0. The molecule has 9 nitrogen and oxygen atoms in total. The minimum absolute atomic E-state index is 0.0234. The Kier molecular flexibility index (Phi) is 9.14. The van der Waals surface area contributed by atoms with E-state index >= 15 is 0 Å². The van der Waals surface area contributed by atoms with Gasteiger partial charge in [0.15, 0.2) is 0 Å². The van der Waals surface area contributed by atoms with Crippen LogP contribution in [0.3, 0.4) is 0 Å². The molecule has 0 N–H and O–H groups in total. The Bertz CT molecular complexity index is 1150. The van der Waals surface area contributed by atoms with Crippen molar-refractivity contribution in [3.8, 4) is 5.75 Å². The van der Waals surface area contributed by atoms with Crippen LogP contribution < -0.4 is 4.74 Å². The summed E-state index contributed by atoms with van der Waals surface area (Å²) >= 11 is 1.58. The number of methoxy groups -OCH3 is 2. The zero-order valence-electron chi connectivity index (χ0n) is 21.2. The molecule has 3 heterocycles. The molecule has 1 aromatic carbocycles. The van der Waals surface area contributed by atoms with E-state index in [1.54, 1.807) is 38.0 Å². The SMILES string of the molecule is COC[C@H]1C[C@H](Cn2cccn2)N(C(=O)c2ccc(C(C)(C)C)c(OC)c2)[C@H]1c1nccs1.O=C=O. The number of hydrogen-bond acceptors (Lipinski definition) is 8. The number of thiazole rings is 1. The zero-order chi connectivity index (χ0) is 26.3. The highest BCUT2D eigenvalue weighted by Crippen LogP contribution is 2.44. The third-order valence-corrected chi connectivity index (χ3v) is 7.09. The smallest absolute Gasteiger partial charge is 0.373 e. The normalized spacial score (nSPS) is 19.4. The van der Waals surface area contributed by atoms with Gasteiger partial charge in [-0.3, -0.25) is 9.48 Å². The molecule has 2 aromatic heterocycles. The topological polar surface area (TPSA) is 104 Å². The van der Waals surface area contributed by atoms with Crippen LogP contribution in [0.1, 0.15) is 54.2 Å². The molecule has 1 aliphatic heterocycles. The molecule has 4 rings (SSSR count). The fourth-order valence-corrected chi connectivity index (χ4v) is 5.62. The van der Waals surface area contributed by atoms with Crippen LogP contribution in [0.15, 0.2) is 48.2 Å². The van der Waals surface area contributed by atoms with E-state index in [0.29, 0.717) is 18.7 Å². The summed E-state index contributed by atoms with van der Waals surface area (Å²) < 4.78 is 13.1. The first-order valence-corrected chi connectivity index (χ1v) is 12.5. The first kappa shape index (κ1) is 27.3. The minimum atomic E-state index is -0.147. The van der Waals surface area contributed by atoms with Crippen LogP contribution in [-0.2, 0) is 26.3 Å². The number of benzene rings is 1. The quantitative estimate of drug-likeness (QED) is 0.472. The van der Waals surface area contributed by atoms with Crippen molar-refractivity contribution in [3.05, 3.63) is 64.4 Å². The second-order valence-corrected chi connectivity index (χ2v) is 10.5. The Morgan fingerprint density at radius 2 is 1.97 bits per heavy atom. The fraction of sp³-hybridized carbons (Fsp3) is 0.462. The van der Waals surface area contributed by atoms with Crippen LogP contribution in [0.25, 0.3) is 0 Å². The molecule has 0 bridgehead atoms. The molecule has 10 heteroatoms. The van der Waals surface area contributed by atoms with Gasteiger partial charge in [-0.15, -0.1) is 11.3 Å². The molecule has 3 aromatic rings. The number of carbonyl (C=O) groups is 1. The summed E-state index contributed by atoms with van der Waals surface area (Å²) in [5.41, 5.74) is 1.60. The molecule has 0 radical (unpaired) electrons. The summed E-state index contributed by atoms with van der Waals surface area (Å²) in [5.74, 6) is 0.863. The third kappa shape index (κ3) is 6.07. The van der Waals surface area contributed by atoms with Gasteiger partial charge in [-0.25, -0.2) is 4.98 Å². The molecule has 1 fully saturated rings. The highest BCUT2D eigenvalue weighted by Gasteiger charge is 2.46. The average molecular weight is 513 g/mol. The summed E-state index contributed by atoms with van der Waals surface area (Å²) in [7, 11) is 3.37. The largest absolute Gasteiger partial charge is 0.496 e. The van der Waals surface area contributed by atoms with Crippen LogP contribution >= 0.6 is 11.3 Å². The van der Waals surface area contributed by atoms with Crippen molar-refractivity contribution in [2.75, 3.05) is 20.8 Å². The van der Waals surface area contributed by atoms with Crippen LogP contribution in [0.2, 0.25) is 0 Å². The highest BCUT2D eigenvalue weighted by molar-refractivity contribution is 7.09. The fourth-order valence-electron chi connectivity index (χ4n) is 4.79. The van der Waals surface area contributed by atoms with E-state index in [0.717, 1.165) is 22.7 Å². The van der Waals surface area contributed by atoms with Crippen LogP contribution in [-0.4, -0.2) is 58.6 Å². The van der Waals surface area contributed by atoms with Crippen LogP contribution in [0, 0.1) is 5.92 Å². The predicted molar refractivity (Wildman–Crippen MR) is 134 cm³/mol. The average Bonchev–Trinajstić information content (AvgIpc) is 3.60. The van der Waals surface area contributed by atoms with Crippen molar-refractivity contribution in [2.45, 2.75) is 51.2 Å². The van der Waals surface area contributed by atoms with Crippen LogP contribution in [0.5, 0.6) is 5.75 Å². The summed E-state index contributed by atoms with van der Waals surface area (Å²) in [5, 5.41) is 7.28. The standard InChI is InChI=1S/C25H32N4O3S.CO2/c1-25(2,3)20-8-7-17(14-21(20)32-5)24(30)29-19(15-28-11-6-9-27-28)13-18(16-31-4)22(29)23-26-10-12-33-23;2-1-3/h6-12,14,18-19,22H,13,15-16H2,1-5H3;/t18-,19-,22-;/m1./s1. The van der Waals surface area contributed by atoms with Crippen molar-refractivity contribution in [2.24, 2.45) is 5.92 Å². The number of carbonyl (C=O) groups excluding carboxylic acids is 3. The number of ether oxygens (including phenoxy) is 2. The van der Waals surface area contributed by atoms with E-state index in [2.05, 4.69) is 30.9 Å². The summed E-state index contributed by atoms with van der Waals surface area (Å²) in [6.07, 6.45) is 6.57. The first-order valence-electron chi connectivity index (χ1n) is 11.6. The number of rotatable bonds is 7. The third-order valence-electron chi connectivity index (χ3n) is 6.25. The second kappa shape index (κ2) is 12.1. The summed E-state index contributed by atoms with van der Waals surface area (Å²) in [6, 6.07) is 7.53. The number of nitrogens with zero attached hydrogens (tertiary/aromatic N) is 4. The number of likely N-dealkylation sites (tertiary alicyclic amines) is 1. The monoisotopic (exact) mass is 512 g/mol. The second-order valence-electron chi connectivity index (χ2n) is 9.61. The van der Waals surface area contributed by atoms with E-state index in [-0.39, 0.29) is 35.5 Å². The van der Waals surface area contributed by atoms with Gasteiger partial charge in [-0.2, -0.15) is 14.7 Å². The van der Waals surface area contributed by atoms with E-state index in [4.69, 9.17) is 19.1 Å². The lowest BCUT2D eigenvalue weighted by Crippen LogP contribution is -2.40. The van der Waals surface area contributed by atoms with Crippen molar-refractivity contribution < 1.29 is 23.9 Å². The molecule has 1 aliphatic rings. The van der Waals surface area contributed by atoms with Gasteiger partial charge < -0.3 is 14.4 Å². The zero-order valence-corrected chi connectivity index (χ0v) is 22.0. The molecule has 1 saturated heterocycles. The maximum absolute atomic E-state index is 14.0. The van der Waals surface area contributed by atoms with Gasteiger partial charge in [-0.05, 0) is 35.6 Å². The molecule has 0 spiro atoms. The van der Waals surface area contributed by atoms with Gasteiger partial charge in [0, 0.05) is 42.6 Å². The Morgan fingerprint density at radius 3 is 2.53 bits per heavy atom. The summed E-state index contributed by atoms with van der Waals surface area (Å²) in [6.45, 7) is 7.61. The predicted octanol–water partition coefficient (Wildman–Crippen LogP) is 3.98. The Morgan fingerprint density at radius 1 is 1.22 bits per heavy atom. The maximum Gasteiger partial charge on any atom is 0.373 e. The van der Waals surface area contributed by atoms with Gasteiger partial charge in [0.1, 0.15) is 10.8 Å². The van der Waals surface area contributed by atoms with Crippen molar-refractivity contribution in [1.29, 1.82) is 0 Å². The van der Waals surface area contributed by atoms with E-state index in [1.165, 1.54) is 0 Å². The molecular weight excluding hydrogens is 480 g/mol. The molecule has 1 amide bonds. The molecule has 0 unspecified atom stereocenters. The lowest BCUT2D eigenvalue weighted by atomic mass is 9.85. The van der Waals surface area contributed by atoms with E-state index < -0.39 is 0 Å². The minimum Gasteiger partial charge on any atom is -0.496 e. The van der Waals surface area contributed by atoms with Gasteiger partial charge in [0.05, 0.1) is 32.3 Å². The van der Waals surface area contributed by atoms with Crippen molar-refractivity contribution in [1.82, 2.24) is 19.7 Å². The van der Waals surface area contributed by atoms with Gasteiger partial charge in [-0.1, -0.05) is 26.8 Å². The van der Waals surface area contributed by atoms with Gasteiger partial charge in [0.2, 0.25) is 0 Å². The molecule has 3 atom stereocenters. The Balaban J connectivity index is 0.00000115. The van der Waals surface area contributed by atoms with Crippen molar-refractivity contribution >= 4 is 23.4 Å². The number of amides is 1. The summed E-state index contributed by atoms with van der Waals surface area (Å²) in [4.78, 5) is 36.9. The van der Waals surface area contributed by atoms with E-state index in [9.17, 15) is 4.79 Å². The lowest BCUT2D eigenvalue weighted by molar-refractivity contribution is -0.191. The van der Waals surface area contributed by atoms with Crippen LogP contribution in [0.4, 0.5) is 0 Å². The Hall–Kier alpha value is -3.33. The van der Waals surface area contributed by atoms with Gasteiger partial charge in [0.25, 0.3) is 5.91 Å². The lowest BCUT2D eigenvalue weighted by Gasteiger charge is -2.31. The van der Waals surface area contributed by atoms with Gasteiger partial charge >= 0.3 is 6.15 Å². The van der Waals surface area contributed by atoms with E-state index in [1.807, 2.05) is 45.4 Å². The number of aromatic nitrogens is 3. The van der Waals surface area contributed by atoms with Crippen molar-refractivity contribution in [3.63, 3.8) is 0 Å². The first-order chi connectivity index (χ1) is 17.2. The molecule has 0 aliphatic carbocycles.